The zero-order chi connectivity index (χ0) is 14.1. The summed E-state index contributed by atoms with van der Waals surface area (Å²) in [5, 5.41) is 2.98. The molecule has 1 amide bonds. The molecule has 1 aromatic heterocycles. The van der Waals surface area contributed by atoms with Crippen molar-refractivity contribution in [1.82, 2.24) is 9.88 Å². The lowest BCUT2D eigenvalue weighted by Crippen LogP contribution is -2.25. The maximum atomic E-state index is 12.3. The van der Waals surface area contributed by atoms with Crippen LogP contribution in [0.25, 0.3) is 0 Å². The van der Waals surface area contributed by atoms with E-state index in [2.05, 4.69) is 16.0 Å². The van der Waals surface area contributed by atoms with Crippen LogP contribution in [0.15, 0.2) is 30.3 Å². The summed E-state index contributed by atoms with van der Waals surface area (Å²) in [5.41, 5.74) is 5.15. The number of nitrogens with one attached hydrogen (secondary N) is 1. The maximum Gasteiger partial charge on any atom is 0.251 e. The number of nitrogens with zero attached hydrogens (tertiary/aromatic N) is 1. The molecule has 0 unspecified atom stereocenters. The molecule has 1 N–H and O–H groups in total. The maximum absolute atomic E-state index is 12.3. The molecule has 0 atom stereocenters. The number of benzene rings is 1. The molecule has 4 nitrogen and oxygen atoms in total. The molecule has 0 aliphatic carbocycles. The molecule has 0 saturated carbocycles. The average molecular weight is 270 g/mol. The van der Waals surface area contributed by atoms with Crippen LogP contribution in [0.2, 0.25) is 0 Å². The highest BCUT2D eigenvalue weighted by Gasteiger charge is 2.19. The van der Waals surface area contributed by atoms with E-state index in [1.165, 1.54) is 5.69 Å². The fourth-order valence-corrected chi connectivity index (χ4v) is 2.53. The third-order valence-corrected chi connectivity index (χ3v) is 3.93. The minimum absolute atomic E-state index is 0.0359. The second kappa shape index (κ2) is 5.13. The third kappa shape index (κ3) is 2.23. The van der Waals surface area contributed by atoms with Crippen LogP contribution in [0.1, 0.15) is 32.9 Å². The Morgan fingerprint density at radius 1 is 1.30 bits per heavy atom. The molecule has 0 spiro atoms. The molecular formula is C16H18N2O2. The molecule has 2 aromatic rings. The van der Waals surface area contributed by atoms with Crippen LogP contribution in [-0.2, 0) is 31.5 Å². The lowest BCUT2D eigenvalue weighted by atomic mass is 10.0. The Kier molecular flexibility index (Phi) is 3.32. The van der Waals surface area contributed by atoms with Gasteiger partial charge in [0.25, 0.3) is 5.91 Å². The molecule has 104 valence electrons. The van der Waals surface area contributed by atoms with Gasteiger partial charge < -0.3 is 14.6 Å². The van der Waals surface area contributed by atoms with Crippen molar-refractivity contribution in [3.8, 4) is 0 Å². The second-order valence-corrected chi connectivity index (χ2v) is 5.14. The van der Waals surface area contributed by atoms with Crippen molar-refractivity contribution in [1.29, 1.82) is 0 Å². The largest absolute Gasteiger partial charge is 0.372 e. The van der Waals surface area contributed by atoms with E-state index in [1.807, 2.05) is 38.2 Å². The smallest absolute Gasteiger partial charge is 0.251 e. The van der Waals surface area contributed by atoms with E-state index in [0.717, 1.165) is 22.4 Å². The summed E-state index contributed by atoms with van der Waals surface area (Å²) in [5.74, 6) is -0.0359. The Morgan fingerprint density at radius 3 is 2.90 bits per heavy atom. The molecule has 20 heavy (non-hydrogen) atoms. The number of rotatable bonds is 3. The van der Waals surface area contributed by atoms with Crippen LogP contribution in [0.5, 0.6) is 0 Å². The molecule has 0 fully saturated rings. The molecule has 0 bridgehead atoms. The van der Waals surface area contributed by atoms with Crippen LogP contribution in [-0.4, -0.2) is 10.5 Å². The summed E-state index contributed by atoms with van der Waals surface area (Å²) in [6.45, 7) is 3.72. The monoisotopic (exact) mass is 270 g/mol. The van der Waals surface area contributed by atoms with Gasteiger partial charge in [-0.25, -0.2) is 0 Å². The summed E-state index contributed by atoms with van der Waals surface area (Å²) in [4.78, 5) is 12.3. The zero-order valence-electron chi connectivity index (χ0n) is 11.8. The molecular weight excluding hydrogens is 252 g/mol. The lowest BCUT2D eigenvalue weighted by molar-refractivity contribution is 0.0944. The first-order valence-electron chi connectivity index (χ1n) is 6.74. The van der Waals surface area contributed by atoms with Gasteiger partial charge in [-0.15, -0.1) is 0 Å². The van der Waals surface area contributed by atoms with Crippen LogP contribution >= 0.6 is 0 Å². The second-order valence-electron chi connectivity index (χ2n) is 5.14. The van der Waals surface area contributed by atoms with Crippen molar-refractivity contribution in [2.75, 3.05) is 0 Å². The highest BCUT2D eigenvalue weighted by molar-refractivity contribution is 5.96. The van der Waals surface area contributed by atoms with Crippen molar-refractivity contribution >= 4 is 5.91 Å². The fraction of sp³-hybridized carbons (Fsp3) is 0.312. The number of carbonyl (C=O) groups is 1. The highest BCUT2D eigenvalue weighted by Crippen LogP contribution is 2.23. The van der Waals surface area contributed by atoms with E-state index >= 15 is 0 Å². The summed E-state index contributed by atoms with van der Waals surface area (Å²) in [6, 6.07) is 9.87. The van der Waals surface area contributed by atoms with Crippen molar-refractivity contribution in [2.45, 2.75) is 26.7 Å². The fourth-order valence-electron chi connectivity index (χ4n) is 2.53. The van der Waals surface area contributed by atoms with Gasteiger partial charge in [0.05, 0.1) is 19.8 Å². The number of fused-ring (bicyclic) bond motifs is 1. The van der Waals surface area contributed by atoms with E-state index in [4.69, 9.17) is 4.74 Å². The summed E-state index contributed by atoms with van der Waals surface area (Å²) < 4.78 is 7.49. The summed E-state index contributed by atoms with van der Waals surface area (Å²) in [7, 11) is 2.00. The summed E-state index contributed by atoms with van der Waals surface area (Å²) >= 11 is 0. The van der Waals surface area contributed by atoms with E-state index in [1.54, 1.807) is 0 Å². The van der Waals surface area contributed by atoms with Crippen molar-refractivity contribution in [3.05, 3.63) is 58.4 Å². The van der Waals surface area contributed by atoms with Gasteiger partial charge in [-0.3, -0.25) is 4.79 Å². The zero-order valence-corrected chi connectivity index (χ0v) is 11.8. The highest BCUT2D eigenvalue weighted by atomic mass is 16.5. The minimum Gasteiger partial charge on any atom is -0.372 e. The Morgan fingerprint density at radius 2 is 2.15 bits per heavy atom. The number of hydrogen-bond donors (Lipinski definition) is 1. The molecule has 1 aliphatic heterocycles. The van der Waals surface area contributed by atoms with Gasteiger partial charge in [-0.05, 0) is 36.2 Å². The first-order chi connectivity index (χ1) is 9.66. The number of amides is 1. The normalized spacial score (nSPS) is 13.3. The van der Waals surface area contributed by atoms with Gasteiger partial charge in [-0.1, -0.05) is 12.1 Å². The van der Waals surface area contributed by atoms with Gasteiger partial charge in [-0.2, -0.15) is 0 Å². The first kappa shape index (κ1) is 12.9. The third-order valence-electron chi connectivity index (χ3n) is 3.93. The number of hydrogen-bond acceptors (Lipinski definition) is 2. The van der Waals surface area contributed by atoms with Gasteiger partial charge in [0.1, 0.15) is 0 Å². The lowest BCUT2D eigenvalue weighted by Gasteiger charge is -2.10. The van der Waals surface area contributed by atoms with E-state index < -0.39 is 0 Å². The summed E-state index contributed by atoms with van der Waals surface area (Å²) in [6.07, 6.45) is 0. The van der Waals surface area contributed by atoms with Crippen LogP contribution in [0.3, 0.4) is 0 Å². The van der Waals surface area contributed by atoms with E-state index in [0.29, 0.717) is 19.8 Å². The minimum atomic E-state index is -0.0359. The topological polar surface area (TPSA) is 43.3 Å². The van der Waals surface area contributed by atoms with Crippen molar-refractivity contribution < 1.29 is 9.53 Å². The van der Waals surface area contributed by atoms with Crippen LogP contribution in [0, 0.1) is 6.92 Å². The van der Waals surface area contributed by atoms with Gasteiger partial charge >= 0.3 is 0 Å². The molecule has 0 radical (unpaired) electrons. The quantitative estimate of drug-likeness (QED) is 0.930. The predicted octanol–water partition coefficient (Wildman–Crippen LogP) is 2.29. The predicted molar refractivity (Wildman–Crippen MR) is 76.3 cm³/mol. The number of aryl methyl sites for hydroxylation is 1. The van der Waals surface area contributed by atoms with E-state index in [9.17, 15) is 4.79 Å². The molecule has 1 aromatic carbocycles. The number of aromatic nitrogens is 1. The average Bonchev–Trinajstić information content (AvgIpc) is 3.04. The number of ether oxygens (including phenoxy) is 1. The molecule has 3 rings (SSSR count). The standard InChI is InChI=1S/C16H18N2O2/c1-11-6-7-13(18(11)2)8-17-16(19)14-5-3-4-12-9-20-10-15(12)14/h3-7H,8-10H2,1-2H3,(H,17,19). The first-order valence-corrected chi connectivity index (χ1v) is 6.74. The molecule has 0 saturated heterocycles. The molecule has 1 aliphatic rings. The van der Waals surface area contributed by atoms with Gasteiger partial charge in [0.15, 0.2) is 0 Å². The van der Waals surface area contributed by atoms with Gasteiger partial charge in [0.2, 0.25) is 0 Å². The van der Waals surface area contributed by atoms with Crippen LogP contribution < -0.4 is 5.32 Å². The molecule has 2 heterocycles. The Balaban J connectivity index is 1.74. The Bertz CT molecular complexity index is 658. The Hall–Kier alpha value is -2.07. The van der Waals surface area contributed by atoms with Gasteiger partial charge in [0, 0.05) is 24.0 Å². The van der Waals surface area contributed by atoms with Crippen molar-refractivity contribution in [2.24, 2.45) is 7.05 Å². The van der Waals surface area contributed by atoms with E-state index in [-0.39, 0.29) is 5.91 Å². The van der Waals surface area contributed by atoms with Crippen LogP contribution in [0.4, 0.5) is 0 Å². The molecule has 4 heteroatoms. The SMILES string of the molecule is Cc1ccc(CNC(=O)c2cccc3c2COC3)n1C. The van der Waals surface area contributed by atoms with Crippen molar-refractivity contribution in [3.63, 3.8) is 0 Å². The number of carbonyl (C=O) groups excluding carboxylic acids is 1. The Labute approximate surface area is 118 Å².